The normalized spacial score (nSPS) is 11.0. The number of aromatic nitrogens is 4. The second-order valence-corrected chi connectivity index (χ2v) is 6.42. The second-order valence-electron chi connectivity index (χ2n) is 6.42. The number of hydrogen-bond acceptors (Lipinski definition) is 5. The molecule has 0 aliphatic carbocycles. The summed E-state index contributed by atoms with van der Waals surface area (Å²) in [6.07, 6.45) is 3.35. The summed E-state index contributed by atoms with van der Waals surface area (Å²) in [5.41, 5.74) is 2.39. The zero-order valence-corrected chi connectivity index (χ0v) is 16.1. The van der Waals surface area contributed by atoms with Gasteiger partial charge in [0.25, 0.3) is 5.56 Å². The van der Waals surface area contributed by atoms with Crippen LogP contribution in [-0.2, 0) is 0 Å². The lowest BCUT2D eigenvalue weighted by Gasteiger charge is -2.13. The Bertz CT molecular complexity index is 1200. The van der Waals surface area contributed by atoms with E-state index in [-0.39, 0.29) is 5.56 Å². The van der Waals surface area contributed by atoms with Crippen LogP contribution in [0.5, 0.6) is 11.5 Å². The smallest absolute Gasteiger partial charge is 0.282 e. The highest BCUT2D eigenvalue weighted by Gasteiger charge is 2.19. The molecule has 0 bridgehead atoms. The zero-order valence-electron chi connectivity index (χ0n) is 16.1. The fourth-order valence-corrected chi connectivity index (χ4v) is 3.51. The van der Waals surface area contributed by atoms with Crippen LogP contribution in [0.2, 0.25) is 0 Å². The summed E-state index contributed by atoms with van der Waals surface area (Å²) in [7, 11) is 3.22. The van der Waals surface area contributed by atoms with Gasteiger partial charge in [-0.05, 0) is 26.0 Å². The molecule has 0 saturated carbocycles. The Morgan fingerprint density at radius 2 is 1.68 bits per heavy atom. The molecule has 0 N–H and O–H groups in total. The topological polar surface area (TPSA) is 71.2 Å². The molecule has 3 heterocycles. The van der Waals surface area contributed by atoms with Crippen molar-refractivity contribution in [3.05, 3.63) is 70.5 Å². The molecule has 7 nitrogen and oxygen atoms in total. The third kappa shape index (κ3) is 2.72. The van der Waals surface area contributed by atoms with Gasteiger partial charge >= 0.3 is 0 Å². The average molecular weight is 376 g/mol. The molecular formula is C21H20N4O3. The number of methoxy groups -OCH3 is 2. The quantitative estimate of drug-likeness (QED) is 0.547. The lowest BCUT2D eigenvalue weighted by Crippen LogP contribution is -2.21. The van der Waals surface area contributed by atoms with Gasteiger partial charge in [-0.1, -0.05) is 6.07 Å². The van der Waals surface area contributed by atoms with Crippen LogP contribution in [0.15, 0.2) is 53.6 Å². The summed E-state index contributed by atoms with van der Waals surface area (Å²) in [5.74, 6) is 1.84. The third-order valence-electron chi connectivity index (χ3n) is 4.86. The number of benzene rings is 1. The monoisotopic (exact) mass is 376 g/mol. The first-order valence-electron chi connectivity index (χ1n) is 8.80. The van der Waals surface area contributed by atoms with E-state index in [4.69, 9.17) is 9.47 Å². The predicted octanol–water partition coefficient (Wildman–Crippen LogP) is 3.21. The van der Waals surface area contributed by atoms with Crippen LogP contribution in [-0.4, -0.2) is 33.6 Å². The van der Waals surface area contributed by atoms with Crippen LogP contribution in [0.3, 0.4) is 0 Å². The summed E-state index contributed by atoms with van der Waals surface area (Å²) in [6.45, 7) is 3.89. The molecule has 0 aliphatic heterocycles. The molecule has 0 saturated heterocycles. The molecule has 0 amide bonds. The molecule has 7 heteroatoms. The molecule has 28 heavy (non-hydrogen) atoms. The van der Waals surface area contributed by atoms with Gasteiger partial charge < -0.3 is 14.0 Å². The van der Waals surface area contributed by atoms with E-state index in [9.17, 15) is 4.79 Å². The molecule has 0 spiro atoms. The minimum absolute atomic E-state index is 0.203. The Morgan fingerprint density at radius 1 is 0.964 bits per heavy atom. The van der Waals surface area contributed by atoms with Crippen LogP contribution in [0, 0.1) is 13.8 Å². The first-order chi connectivity index (χ1) is 13.5. The molecular weight excluding hydrogens is 356 g/mol. The van der Waals surface area contributed by atoms with Crippen molar-refractivity contribution in [1.29, 1.82) is 0 Å². The van der Waals surface area contributed by atoms with Gasteiger partial charge in [-0.3, -0.25) is 4.79 Å². The summed E-state index contributed by atoms with van der Waals surface area (Å²) in [6, 6.07) is 11.0. The maximum absolute atomic E-state index is 13.2. The van der Waals surface area contributed by atoms with Crippen molar-refractivity contribution in [2.45, 2.75) is 13.8 Å². The highest BCUT2D eigenvalue weighted by Crippen LogP contribution is 2.31. The van der Waals surface area contributed by atoms with E-state index in [1.54, 1.807) is 38.7 Å². The Hall–Kier alpha value is -3.61. The molecule has 4 aromatic rings. The van der Waals surface area contributed by atoms with Crippen LogP contribution in [0.25, 0.3) is 22.3 Å². The van der Waals surface area contributed by atoms with Gasteiger partial charge in [0.15, 0.2) is 5.82 Å². The van der Waals surface area contributed by atoms with Crippen molar-refractivity contribution in [1.82, 2.24) is 19.3 Å². The SMILES string of the molecule is COc1cc(OC)cc(-n2c(C)c3cnn(-c4ccccn4)c(=O)c3c2C)c1. The molecule has 3 aromatic heterocycles. The summed E-state index contributed by atoms with van der Waals surface area (Å²) in [4.78, 5) is 17.4. The summed E-state index contributed by atoms with van der Waals surface area (Å²) < 4.78 is 14.1. The highest BCUT2D eigenvalue weighted by atomic mass is 16.5. The van der Waals surface area contributed by atoms with E-state index >= 15 is 0 Å². The lowest BCUT2D eigenvalue weighted by molar-refractivity contribution is 0.394. The van der Waals surface area contributed by atoms with E-state index < -0.39 is 0 Å². The highest BCUT2D eigenvalue weighted by molar-refractivity contribution is 5.88. The predicted molar refractivity (Wildman–Crippen MR) is 107 cm³/mol. The van der Waals surface area contributed by atoms with Crippen LogP contribution >= 0.6 is 0 Å². The molecule has 0 atom stereocenters. The first kappa shape index (κ1) is 17.8. The van der Waals surface area contributed by atoms with Gasteiger partial charge in [0.1, 0.15) is 11.5 Å². The zero-order chi connectivity index (χ0) is 19.8. The summed E-state index contributed by atoms with van der Waals surface area (Å²) >= 11 is 0. The van der Waals surface area contributed by atoms with E-state index in [0.717, 1.165) is 22.5 Å². The molecule has 0 aliphatic rings. The van der Waals surface area contributed by atoms with Gasteiger partial charge in [0.05, 0.1) is 31.5 Å². The number of ether oxygens (including phenoxy) is 2. The fourth-order valence-electron chi connectivity index (χ4n) is 3.51. The van der Waals surface area contributed by atoms with E-state index in [1.165, 1.54) is 4.68 Å². The first-order valence-corrected chi connectivity index (χ1v) is 8.80. The van der Waals surface area contributed by atoms with Gasteiger partial charge in [-0.25, -0.2) is 4.98 Å². The van der Waals surface area contributed by atoms with Crippen molar-refractivity contribution in [2.24, 2.45) is 0 Å². The minimum Gasteiger partial charge on any atom is -0.497 e. The Labute approximate surface area is 161 Å². The molecule has 142 valence electrons. The minimum atomic E-state index is -0.203. The van der Waals surface area contributed by atoms with E-state index in [2.05, 4.69) is 10.1 Å². The van der Waals surface area contributed by atoms with Crippen LogP contribution < -0.4 is 15.0 Å². The lowest BCUT2D eigenvalue weighted by atomic mass is 10.2. The number of pyridine rings is 1. The van der Waals surface area contributed by atoms with Crippen molar-refractivity contribution in [2.75, 3.05) is 14.2 Å². The van der Waals surface area contributed by atoms with Crippen molar-refractivity contribution >= 4 is 10.8 Å². The Morgan fingerprint density at radius 3 is 2.29 bits per heavy atom. The van der Waals surface area contributed by atoms with Gasteiger partial charge in [-0.2, -0.15) is 9.78 Å². The van der Waals surface area contributed by atoms with Crippen molar-refractivity contribution in [3.63, 3.8) is 0 Å². The van der Waals surface area contributed by atoms with E-state index in [1.807, 2.05) is 42.7 Å². The van der Waals surface area contributed by atoms with Crippen molar-refractivity contribution < 1.29 is 9.47 Å². The van der Waals surface area contributed by atoms with Gasteiger partial charge in [0.2, 0.25) is 0 Å². The second kappa shape index (κ2) is 6.84. The third-order valence-corrected chi connectivity index (χ3v) is 4.86. The molecule has 1 aromatic carbocycles. The maximum atomic E-state index is 13.2. The maximum Gasteiger partial charge on any atom is 0.282 e. The largest absolute Gasteiger partial charge is 0.497 e. The fraction of sp³-hybridized carbons (Fsp3) is 0.190. The van der Waals surface area contributed by atoms with Crippen molar-refractivity contribution in [3.8, 4) is 23.0 Å². The molecule has 4 rings (SSSR count). The van der Waals surface area contributed by atoms with E-state index in [0.29, 0.717) is 22.7 Å². The van der Waals surface area contributed by atoms with Crippen LogP contribution in [0.4, 0.5) is 0 Å². The number of aryl methyl sites for hydroxylation is 2. The summed E-state index contributed by atoms with van der Waals surface area (Å²) in [5, 5.41) is 5.75. The number of fused-ring (bicyclic) bond motifs is 1. The average Bonchev–Trinajstić information content (AvgIpc) is 2.99. The Balaban J connectivity index is 2.00. The van der Waals surface area contributed by atoms with Gasteiger partial charge in [-0.15, -0.1) is 0 Å². The molecule has 0 unspecified atom stereocenters. The van der Waals surface area contributed by atoms with Gasteiger partial charge in [0, 0.05) is 41.2 Å². The molecule has 0 radical (unpaired) electrons. The standard InChI is InChI=1S/C21H20N4O3/c1-13-18-12-23-25(19-7-5-6-8-22-19)21(26)20(18)14(2)24(13)15-9-16(27-3)11-17(10-15)28-4/h5-12H,1-4H3. The number of nitrogens with zero attached hydrogens (tertiary/aromatic N) is 4. The number of hydrogen-bond donors (Lipinski definition) is 0. The van der Waals surface area contributed by atoms with Crippen LogP contribution in [0.1, 0.15) is 11.4 Å². The molecule has 0 fully saturated rings. The Kier molecular flexibility index (Phi) is 4.35. The number of rotatable bonds is 4.